The molecule has 50 heavy (non-hydrogen) atoms. The molecule has 2 aliphatic rings. The molecule has 0 radical (unpaired) electrons. The molecule has 0 N–H and O–H groups in total. The molecule has 1 nitrogen and oxygen atoms in total. The van der Waals surface area contributed by atoms with Crippen molar-refractivity contribution in [3.8, 4) is 16.8 Å². The molecule has 0 fully saturated rings. The van der Waals surface area contributed by atoms with E-state index in [4.69, 9.17) is 0 Å². The highest BCUT2D eigenvalue weighted by molar-refractivity contribution is 6.22. The van der Waals surface area contributed by atoms with Gasteiger partial charge in [-0.05, 0) is 86.5 Å². The van der Waals surface area contributed by atoms with Crippen molar-refractivity contribution in [2.75, 3.05) is 0 Å². The summed E-state index contributed by atoms with van der Waals surface area (Å²) in [6, 6.07) is 54.8. The number of aryl methyl sites for hydroxylation is 1. The number of benzene rings is 7. The maximum Gasteiger partial charge on any atom is 0.0622 e. The van der Waals surface area contributed by atoms with E-state index >= 15 is 0 Å². The first-order valence-electron chi connectivity index (χ1n) is 18.2. The summed E-state index contributed by atoms with van der Waals surface area (Å²) in [7, 11) is 0. The maximum atomic E-state index is 2.52. The van der Waals surface area contributed by atoms with E-state index in [2.05, 4.69) is 178 Å². The highest BCUT2D eigenvalue weighted by Gasteiger charge is 2.41. The molecule has 1 heterocycles. The van der Waals surface area contributed by atoms with Gasteiger partial charge in [0.05, 0.1) is 11.0 Å². The van der Waals surface area contributed by atoms with Crippen molar-refractivity contribution >= 4 is 32.6 Å². The molecule has 0 saturated carbocycles. The molecule has 10 rings (SSSR count). The summed E-state index contributed by atoms with van der Waals surface area (Å²) in [6.45, 7) is 9.70. The van der Waals surface area contributed by atoms with Crippen LogP contribution < -0.4 is 0 Å². The Morgan fingerprint density at radius 2 is 1.18 bits per heavy atom. The summed E-state index contributed by atoms with van der Waals surface area (Å²) in [5.41, 5.74) is 16.7. The summed E-state index contributed by atoms with van der Waals surface area (Å²) in [4.78, 5) is 0. The van der Waals surface area contributed by atoms with E-state index in [1.165, 1.54) is 88.3 Å². The first-order chi connectivity index (χ1) is 24.4. The number of nitrogens with zero attached hydrogens (tertiary/aromatic N) is 1. The van der Waals surface area contributed by atoms with Gasteiger partial charge in [-0.3, -0.25) is 0 Å². The molecule has 2 aliphatic carbocycles. The largest absolute Gasteiger partial charge is 0.309 e. The van der Waals surface area contributed by atoms with Crippen LogP contribution in [0.1, 0.15) is 79.0 Å². The second-order valence-electron chi connectivity index (χ2n) is 15.6. The minimum Gasteiger partial charge on any atom is -0.309 e. The molecule has 0 amide bonds. The Labute approximate surface area is 294 Å². The number of hydrogen-bond acceptors (Lipinski definition) is 0. The molecule has 0 saturated heterocycles. The van der Waals surface area contributed by atoms with Crippen LogP contribution in [-0.4, -0.2) is 4.57 Å². The third-order valence-corrected chi connectivity index (χ3v) is 12.2. The summed E-state index contributed by atoms with van der Waals surface area (Å²) < 4.78 is 2.52. The third kappa shape index (κ3) is 3.95. The van der Waals surface area contributed by atoms with Crippen LogP contribution in [0.3, 0.4) is 0 Å². The fraction of sp³-hybridized carbons (Fsp3) is 0.184. The van der Waals surface area contributed by atoms with E-state index in [-0.39, 0.29) is 16.7 Å². The Balaban J connectivity index is 1.22. The Hall–Kier alpha value is -5.40. The Morgan fingerprint density at radius 1 is 0.540 bits per heavy atom. The van der Waals surface area contributed by atoms with Gasteiger partial charge in [-0.15, -0.1) is 0 Å². The molecule has 1 aromatic heterocycles. The number of rotatable bonds is 4. The standard InChI is InChI=1S/C49H41N/c1-48(2)40-23-13-10-18-33(40)35-28-26-31(30-42(35)48)27-29-37-34-19-11-14-24-41(34)49(3,4)46-44(37)36-20-8-9-21-38(36)47-45(46)39-22-12-15-25-43(39)50(47)32-16-6-5-7-17-32/h5-26,28,30,37H,27,29H2,1-4H3. The minimum atomic E-state index is -0.181. The third-order valence-electron chi connectivity index (χ3n) is 12.2. The average Bonchev–Trinajstić information content (AvgIpc) is 3.61. The molecule has 1 atom stereocenters. The van der Waals surface area contributed by atoms with E-state index in [0.29, 0.717) is 0 Å². The van der Waals surface area contributed by atoms with Crippen LogP contribution in [0.2, 0.25) is 0 Å². The number of fused-ring (bicyclic) bond motifs is 12. The van der Waals surface area contributed by atoms with Gasteiger partial charge in [0, 0.05) is 38.6 Å². The van der Waals surface area contributed by atoms with E-state index in [1.807, 2.05) is 0 Å². The lowest BCUT2D eigenvalue weighted by atomic mass is 9.62. The van der Waals surface area contributed by atoms with Gasteiger partial charge in [0.1, 0.15) is 0 Å². The fourth-order valence-corrected chi connectivity index (χ4v) is 9.98. The van der Waals surface area contributed by atoms with Crippen LogP contribution in [0, 0.1) is 0 Å². The van der Waals surface area contributed by atoms with Crippen molar-refractivity contribution < 1.29 is 0 Å². The fourth-order valence-electron chi connectivity index (χ4n) is 9.98. The molecule has 0 bridgehead atoms. The van der Waals surface area contributed by atoms with Crippen LogP contribution in [0.5, 0.6) is 0 Å². The van der Waals surface area contributed by atoms with Crippen LogP contribution in [0.4, 0.5) is 0 Å². The highest BCUT2D eigenvalue weighted by Crippen LogP contribution is 2.55. The number of aromatic nitrogens is 1. The second-order valence-corrected chi connectivity index (χ2v) is 15.6. The van der Waals surface area contributed by atoms with Crippen molar-refractivity contribution in [1.29, 1.82) is 0 Å². The minimum absolute atomic E-state index is 0.00474. The summed E-state index contributed by atoms with van der Waals surface area (Å²) in [5, 5.41) is 5.45. The Bertz CT molecular complexity index is 2650. The molecule has 0 spiro atoms. The topological polar surface area (TPSA) is 4.93 Å². The summed E-state index contributed by atoms with van der Waals surface area (Å²) in [6.07, 6.45) is 2.08. The quantitative estimate of drug-likeness (QED) is 0.180. The number of hydrogen-bond donors (Lipinski definition) is 0. The normalized spacial score (nSPS) is 16.7. The number of para-hydroxylation sites is 2. The smallest absolute Gasteiger partial charge is 0.0622 e. The van der Waals surface area contributed by atoms with Gasteiger partial charge in [0.2, 0.25) is 0 Å². The monoisotopic (exact) mass is 643 g/mol. The molecular weight excluding hydrogens is 603 g/mol. The summed E-state index contributed by atoms with van der Waals surface area (Å²) in [5.74, 6) is 0.279. The van der Waals surface area contributed by atoms with Crippen molar-refractivity contribution in [2.24, 2.45) is 0 Å². The summed E-state index contributed by atoms with van der Waals surface area (Å²) >= 11 is 0. The Morgan fingerprint density at radius 3 is 2.00 bits per heavy atom. The zero-order valence-corrected chi connectivity index (χ0v) is 29.3. The van der Waals surface area contributed by atoms with Crippen molar-refractivity contribution in [3.63, 3.8) is 0 Å². The van der Waals surface area contributed by atoms with E-state index in [0.717, 1.165) is 12.8 Å². The lowest BCUT2D eigenvalue weighted by Crippen LogP contribution is -2.30. The SMILES string of the molecule is CC1(C)c2ccccc2-c2ccc(CCC3c4ccccc4C(C)(C)c4c3c3ccccc3c3c4c4ccccc4n3-c3ccccc3)cc21. The molecule has 7 aromatic carbocycles. The first-order valence-corrected chi connectivity index (χ1v) is 18.2. The van der Waals surface area contributed by atoms with Crippen LogP contribution in [0.15, 0.2) is 146 Å². The van der Waals surface area contributed by atoms with Gasteiger partial charge in [0.25, 0.3) is 0 Å². The van der Waals surface area contributed by atoms with Gasteiger partial charge in [-0.1, -0.05) is 155 Å². The van der Waals surface area contributed by atoms with Crippen LogP contribution in [-0.2, 0) is 17.3 Å². The predicted octanol–water partition coefficient (Wildman–Crippen LogP) is 12.6. The molecule has 0 aliphatic heterocycles. The van der Waals surface area contributed by atoms with Gasteiger partial charge in [-0.2, -0.15) is 0 Å². The average molecular weight is 644 g/mol. The molecular formula is C49H41N. The molecule has 1 unspecified atom stereocenters. The molecule has 8 aromatic rings. The maximum absolute atomic E-state index is 2.52. The Kier molecular flexibility index (Phi) is 6.23. The van der Waals surface area contributed by atoms with E-state index in [1.54, 1.807) is 0 Å². The van der Waals surface area contributed by atoms with Crippen molar-refractivity contribution in [3.05, 3.63) is 185 Å². The first kappa shape index (κ1) is 29.5. The van der Waals surface area contributed by atoms with Gasteiger partial charge >= 0.3 is 0 Å². The zero-order chi connectivity index (χ0) is 33.8. The van der Waals surface area contributed by atoms with Gasteiger partial charge < -0.3 is 4.57 Å². The van der Waals surface area contributed by atoms with Crippen molar-refractivity contribution in [2.45, 2.75) is 57.3 Å². The van der Waals surface area contributed by atoms with Crippen LogP contribution >= 0.6 is 0 Å². The van der Waals surface area contributed by atoms with E-state index in [9.17, 15) is 0 Å². The van der Waals surface area contributed by atoms with Gasteiger partial charge in [0.15, 0.2) is 0 Å². The molecule has 242 valence electrons. The van der Waals surface area contributed by atoms with Gasteiger partial charge in [-0.25, -0.2) is 0 Å². The van der Waals surface area contributed by atoms with Crippen molar-refractivity contribution in [1.82, 2.24) is 4.57 Å². The highest BCUT2D eigenvalue weighted by atomic mass is 15.0. The lowest BCUT2D eigenvalue weighted by Gasteiger charge is -2.41. The van der Waals surface area contributed by atoms with E-state index < -0.39 is 0 Å². The second kappa shape index (κ2) is 10.6. The predicted molar refractivity (Wildman–Crippen MR) is 211 cm³/mol. The van der Waals surface area contributed by atoms with Crippen LogP contribution in [0.25, 0.3) is 49.4 Å². The zero-order valence-electron chi connectivity index (χ0n) is 29.3. The molecule has 1 heteroatoms. The lowest BCUT2D eigenvalue weighted by molar-refractivity contribution is 0.573.